The molecule has 2 aromatic rings. The van der Waals surface area contributed by atoms with E-state index in [1.165, 1.54) is 12.1 Å². The molecule has 0 fully saturated rings. The summed E-state index contributed by atoms with van der Waals surface area (Å²) in [5.41, 5.74) is 2.16. The van der Waals surface area contributed by atoms with E-state index >= 15 is 0 Å². The molecule has 2 aromatic carbocycles. The van der Waals surface area contributed by atoms with E-state index in [9.17, 15) is 14.0 Å². The highest BCUT2D eigenvalue weighted by Crippen LogP contribution is 2.29. The van der Waals surface area contributed by atoms with E-state index in [0.717, 1.165) is 5.69 Å². The van der Waals surface area contributed by atoms with Gasteiger partial charge in [-0.3, -0.25) is 0 Å². The number of hydrogen-bond acceptors (Lipinski definition) is 4. The van der Waals surface area contributed by atoms with E-state index in [1.54, 1.807) is 55.3 Å². The van der Waals surface area contributed by atoms with Crippen LogP contribution in [0.3, 0.4) is 0 Å². The summed E-state index contributed by atoms with van der Waals surface area (Å²) in [6, 6.07) is 11.7. The molecular weight excluding hydrogens is 397 g/mol. The van der Waals surface area contributed by atoms with Crippen LogP contribution in [0.1, 0.15) is 18.5 Å². The molecule has 2 N–H and O–H groups in total. The van der Waals surface area contributed by atoms with E-state index in [2.05, 4.69) is 10.6 Å². The third kappa shape index (κ3) is 4.86. The second kappa shape index (κ2) is 8.96. The predicted octanol–water partition coefficient (Wildman–Crippen LogP) is 3.79. The van der Waals surface area contributed by atoms with Gasteiger partial charge in [-0.05, 0) is 48.9 Å². The molecule has 0 spiro atoms. The van der Waals surface area contributed by atoms with Crippen molar-refractivity contribution in [2.75, 3.05) is 25.1 Å². The Morgan fingerprint density at radius 2 is 1.83 bits per heavy atom. The number of carbonyl (C=O) groups excluding carboxylic acids is 2. The van der Waals surface area contributed by atoms with Crippen molar-refractivity contribution in [1.82, 2.24) is 10.6 Å². The Morgan fingerprint density at radius 3 is 2.45 bits per heavy atom. The Bertz CT molecular complexity index is 929. The van der Waals surface area contributed by atoms with Gasteiger partial charge in [0.1, 0.15) is 5.82 Å². The van der Waals surface area contributed by atoms with Gasteiger partial charge in [0.25, 0.3) is 0 Å². The number of rotatable bonds is 6. The molecule has 1 aliphatic heterocycles. The second-order valence-corrected chi connectivity index (χ2v) is 6.96. The molecule has 2 amide bonds. The molecule has 0 radical (unpaired) electrons. The fraction of sp³-hybridized carbons (Fsp3) is 0.238. The van der Waals surface area contributed by atoms with Crippen molar-refractivity contribution in [2.45, 2.75) is 13.0 Å². The molecule has 0 aromatic heterocycles. The van der Waals surface area contributed by atoms with E-state index in [4.69, 9.17) is 16.3 Å². The molecule has 1 unspecified atom stereocenters. The van der Waals surface area contributed by atoms with Crippen LogP contribution in [0.2, 0.25) is 5.02 Å². The first kappa shape index (κ1) is 20.7. The topological polar surface area (TPSA) is 70.7 Å². The highest BCUT2D eigenvalue weighted by atomic mass is 35.5. The number of ether oxygens (including phenoxy) is 1. The average molecular weight is 418 g/mol. The van der Waals surface area contributed by atoms with Gasteiger partial charge in [0.15, 0.2) is 0 Å². The molecule has 0 bridgehead atoms. The van der Waals surface area contributed by atoms with Gasteiger partial charge in [-0.2, -0.15) is 0 Å². The van der Waals surface area contributed by atoms with Crippen molar-refractivity contribution < 1.29 is 18.7 Å². The molecule has 1 atom stereocenters. The number of carbonyl (C=O) groups is 2. The number of esters is 1. The number of hydrogen-bond donors (Lipinski definition) is 2. The summed E-state index contributed by atoms with van der Waals surface area (Å²) in [7, 11) is 1.79. The van der Waals surface area contributed by atoms with Gasteiger partial charge in [-0.1, -0.05) is 23.7 Å². The average Bonchev–Trinajstić information content (AvgIpc) is 2.68. The van der Waals surface area contributed by atoms with E-state index in [-0.39, 0.29) is 19.0 Å². The summed E-state index contributed by atoms with van der Waals surface area (Å²) in [4.78, 5) is 26.9. The van der Waals surface area contributed by atoms with Crippen LogP contribution >= 0.6 is 11.6 Å². The van der Waals surface area contributed by atoms with Gasteiger partial charge in [0.2, 0.25) is 0 Å². The molecule has 29 heavy (non-hydrogen) atoms. The van der Waals surface area contributed by atoms with E-state index in [0.29, 0.717) is 21.9 Å². The van der Waals surface area contributed by atoms with Gasteiger partial charge in [0, 0.05) is 17.8 Å². The first-order valence-corrected chi connectivity index (χ1v) is 9.46. The number of benzene rings is 2. The van der Waals surface area contributed by atoms with Crippen molar-refractivity contribution in [3.63, 3.8) is 0 Å². The van der Waals surface area contributed by atoms with E-state index in [1.807, 2.05) is 0 Å². The van der Waals surface area contributed by atoms with Crippen molar-refractivity contribution >= 4 is 29.3 Å². The normalized spacial score (nSPS) is 16.1. The number of nitrogens with zero attached hydrogens (tertiary/aromatic N) is 1. The van der Waals surface area contributed by atoms with Crippen LogP contribution in [0.25, 0.3) is 0 Å². The summed E-state index contributed by atoms with van der Waals surface area (Å²) in [5, 5.41) is 6.04. The molecule has 1 aliphatic rings. The van der Waals surface area contributed by atoms with Gasteiger partial charge in [0.05, 0.1) is 30.5 Å². The summed E-state index contributed by atoms with van der Waals surface area (Å²) < 4.78 is 18.5. The summed E-state index contributed by atoms with van der Waals surface area (Å²) in [6.07, 6.45) is 0. The summed E-state index contributed by atoms with van der Waals surface area (Å²) in [6.45, 7) is 2.14. The Kier molecular flexibility index (Phi) is 6.39. The fourth-order valence-electron chi connectivity index (χ4n) is 3.12. The number of halogens is 2. The standard InChI is InChI=1S/C21H21ClFN3O3/c1-3-29-20(27)18-17(12-26(2)16-10-8-15(23)9-11-16)24-21(28)25-19(18)13-4-6-14(22)7-5-13/h4-11,19H,3,12H2,1-2H3,(H2,24,25,28). The Hall–Kier alpha value is -3.06. The van der Waals surface area contributed by atoms with Crippen molar-refractivity contribution in [3.05, 3.63) is 76.2 Å². The van der Waals surface area contributed by atoms with Crippen molar-refractivity contribution in [3.8, 4) is 0 Å². The molecule has 3 rings (SSSR count). The molecular formula is C21H21ClFN3O3. The Labute approximate surface area is 173 Å². The minimum absolute atomic E-state index is 0.199. The first-order valence-electron chi connectivity index (χ1n) is 9.09. The molecule has 0 aliphatic carbocycles. The molecule has 1 heterocycles. The molecule has 152 valence electrons. The minimum Gasteiger partial charge on any atom is -0.463 e. The molecule has 0 saturated heterocycles. The fourth-order valence-corrected chi connectivity index (χ4v) is 3.25. The minimum atomic E-state index is -0.684. The van der Waals surface area contributed by atoms with Crippen LogP contribution in [-0.4, -0.2) is 32.2 Å². The maximum Gasteiger partial charge on any atom is 0.338 e. The quantitative estimate of drug-likeness (QED) is 0.701. The molecule has 0 saturated carbocycles. The maximum absolute atomic E-state index is 13.2. The summed E-state index contributed by atoms with van der Waals surface area (Å²) >= 11 is 5.97. The number of amides is 2. The zero-order valence-electron chi connectivity index (χ0n) is 16.0. The zero-order valence-corrected chi connectivity index (χ0v) is 16.8. The monoisotopic (exact) mass is 417 g/mol. The van der Waals surface area contributed by atoms with Crippen LogP contribution in [0.5, 0.6) is 0 Å². The Balaban J connectivity index is 2.00. The number of urea groups is 1. The zero-order chi connectivity index (χ0) is 21.0. The highest BCUT2D eigenvalue weighted by molar-refractivity contribution is 6.30. The van der Waals surface area contributed by atoms with Gasteiger partial charge >= 0.3 is 12.0 Å². The van der Waals surface area contributed by atoms with Crippen LogP contribution in [0.15, 0.2) is 59.8 Å². The van der Waals surface area contributed by atoms with Gasteiger partial charge in [-0.15, -0.1) is 0 Å². The maximum atomic E-state index is 13.2. The third-order valence-corrected chi connectivity index (χ3v) is 4.77. The van der Waals surface area contributed by atoms with Gasteiger partial charge < -0.3 is 20.3 Å². The predicted molar refractivity (Wildman–Crippen MR) is 109 cm³/mol. The SMILES string of the molecule is CCOC(=O)C1=C(CN(C)c2ccc(F)cc2)NC(=O)NC1c1ccc(Cl)cc1. The number of likely N-dealkylation sites (N-methyl/N-ethyl adjacent to an activating group) is 1. The Morgan fingerprint density at radius 1 is 1.17 bits per heavy atom. The lowest BCUT2D eigenvalue weighted by Crippen LogP contribution is -2.48. The van der Waals surface area contributed by atoms with Crippen LogP contribution in [-0.2, 0) is 9.53 Å². The third-order valence-electron chi connectivity index (χ3n) is 4.52. The lowest BCUT2D eigenvalue weighted by Gasteiger charge is -2.31. The largest absolute Gasteiger partial charge is 0.463 e. The smallest absolute Gasteiger partial charge is 0.338 e. The van der Waals surface area contributed by atoms with Crippen LogP contribution in [0, 0.1) is 5.82 Å². The number of anilines is 1. The lowest BCUT2D eigenvalue weighted by molar-refractivity contribution is -0.139. The van der Waals surface area contributed by atoms with Crippen molar-refractivity contribution in [2.24, 2.45) is 0 Å². The second-order valence-electron chi connectivity index (χ2n) is 6.53. The molecule has 8 heteroatoms. The van der Waals surface area contributed by atoms with Crippen LogP contribution < -0.4 is 15.5 Å². The molecule has 6 nitrogen and oxygen atoms in total. The summed E-state index contributed by atoms with van der Waals surface area (Å²) in [5.74, 6) is -0.867. The number of nitrogens with one attached hydrogen (secondary N) is 2. The van der Waals surface area contributed by atoms with Crippen LogP contribution in [0.4, 0.5) is 14.9 Å². The van der Waals surface area contributed by atoms with Gasteiger partial charge in [-0.25, -0.2) is 14.0 Å². The van der Waals surface area contributed by atoms with Crippen molar-refractivity contribution in [1.29, 1.82) is 0 Å². The van der Waals surface area contributed by atoms with E-state index < -0.39 is 18.0 Å². The lowest BCUT2D eigenvalue weighted by atomic mass is 9.95. The highest BCUT2D eigenvalue weighted by Gasteiger charge is 2.34. The first-order chi connectivity index (χ1) is 13.9.